The Morgan fingerprint density at radius 3 is 2.33 bits per heavy atom. The van der Waals surface area contributed by atoms with Gasteiger partial charge in [0.1, 0.15) is 18.4 Å². The Bertz CT molecular complexity index is 1090. The summed E-state index contributed by atoms with van der Waals surface area (Å²) in [7, 11) is 0. The number of hydrogen-bond donors (Lipinski definition) is 2. The molecular formula is C27H28N2O4. The first-order valence-corrected chi connectivity index (χ1v) is 11.1. The van der Waals surface area contributed by atoms with Crippen LogP contribution in [0.15, 0.2) is 84.9 Å². The van der Waals surface area contributed by atoms with Gasteiger partial charge in [-0.15, -0.1) is 0 Å². The Morgan fingerprint density at radius 2 is 1.64 bits per heavy atom. The number of rotatable bonds is 7. The number of nitrogens with one attached hydrogen (secondary N) is 1. The lowest BCUT2D eigenvalue weighted by molar-refractivity contribution is -0.133. The smallest absolute Gasteiger partial charge is 0.256 e. The summed E-state index contributed by atoms with van der Waals surface area (Å²) >= 11 is 0. The fourth-order valence-electron chi connectivity index (χ4n) is 4.12. The highest BCUT2D eigenvalue weighted by Crippen LogP contribution is 2.39. The number of fused-ring (bicyclic) bond motifs is 1. The number of aliphatic hydroxyl groups excluding tert-OH is 1. The molecule has 2 amide bonds. The Balaban J connectivity index is 1.71. The predicted molar refractivity (Wildman–Crippen MR) is 126 cm³/mol. The van der Waals surface area contributed by atoms with Gasteiger partial charge in [-0.2, -0.15) is 0 Å². The number of ether oxygens (including phenoxy) is 1. The largest absolute Gasteiger partial charge is 0.374 e. The van der Waals surface area contributed by atoms with Crippen molar-refractivity contribution in [3.8, 4) is 0 Å². The van der Waals surface area contributed by atoms with E-state index in [4.69, 9.17) is 4.74 Å². The second-order valence-electron chi connectivity index (χ2n) is 8.17. The topological polar surface area (TPSA) is 78.9 Å². The highest BCUT2D eigenvalue weighted by atomic mass is 16.5. The standard InChI is InChI=1S/C27H28N2O4/c1-19(30)28-25(31)17-16-24-27(32)29(18-20-10-4-2-5-11-20)23-15-9-8-14-22(23)26(33-24)21-12-6-3-7-13-21/h2-15,19,24,26,30H,16-18H2,1H3,(H,28,31)/t19?,24-,26+/m0/s1. The number of anilines is 1. The van der Waals surface area contributed by atoms with Crippen molar-refractivity contribution in [3.05, 3.63) is 102 Å². The van der Waals surface area contributed by atoms with Crippen LogP contribution in [0.1, 0.15) is 42.6 Å². The van der Waals surface area contributed by atoms with Crippen molar-refractivity contribution in [2.45, 2.75) is 44.7 Å². The maximum Gasteiger partial charge on any atom is 0.256 e. The summed E-state index contributed by atoms with van der Waals surface area (Å²) in [5, 5.41) is 11.9. The minimum absolute atomic E-state index is 0.0678. The van der Waals surface area contributed by atoms with E-state index in [1.54, 1.807) is 4.90 Å². The molecule has 0 saturated carbocycles. The molecule has 3 aromatic carbocycles. The summed E-state index contributed by atoms with van der Waals surface area (Å²) in [6.07, 6.45) is -1.93. The lowest BCUT2D eigenvalue weighted by Crippen LogP contribution is -2.40. The van der Waals surface area contributed by atoms with Crippen LogP contribution < -0.4 is 10.2 Å². The van der Waals surface area contributed by atoms with Gasteiger partial charge in [0.25, 0.3) is 5.91 Å². The molecule has 6 nitrogen and oxygen atoms in total. The van der Waals surface area contributed by atoms with Crippen molar-refractivity contribution >= 4 is 17.5 Å². The van der Waals surface area contributed by atoms with Crippen LogP contribution in [0.4, 0.5) is 5.69 Å². The monoisotopic (exact) mass is 444 g/mol. The van der Waals surface area contributed by atoms with Gasteiger partial charge in [0, 0.05) is 12.0 Å². The molecule has 0 aromatic heterocycles. The number of carbonyl (C=O) groups excluding carboxylic acids is 2. The predicted octanol–water partition coefficient (Wildman–Crippen LogP) is 3.94. The molecule has 33 heavy (non-hydrogen) atoms. The van der Waals surface area contributed by atoms with E-state index in [9.17, 15) is 14.7 Å². The van der Waals surface area contributed by atoms with Gasteiger partial charge in [0.15, 0.2) is 0 Å². The van der Waals surface area contributed by atoms with E-state index in [1.165, 1.54) is 6.92 Å². The number of aliphatic hydroxyl groups is 1. The summed E-state index contributed by atoms with van der Waals surface area (Å²) in [6, 6.07) is 27.4. The van der Waals surface area contributed by atoms with Crippen LogP contribution in [0, 0.1) is 0 Å². The van der Waals surface area contributed by atoms with Crippen LogP contribution in [0.5, 0.6) is 0 Å². The Hall–Kier alpha value is -3.48. The minimum Gasteiger partial charge on any atom is -0.374 e. The molecule has 0 saturated heterocycles. The lowest BCUT2D eigenvalue weighted by atomic mass is 9.99. The number of benzene rings is 3. The van der Waals surface area contributed by atoms with Gasteiger partial charge >= 0.3 is 0 Å². The molecule has 0 spiro atoms. The molecule has 0 aliphatic carbocycles. The Kier molecular flexibility index (Phi) is 7.17. The second-order valence-corrected chi connectivity index (χ2v) is 8.17. The highest BCUT2D eigenvalue weighted by Gasteiger charge is 2.36. The third-order valence-corrected chi connectivity index (χ3v) is 5.64. The number of carbonyl (C=O) groups is 2. The van der Waals surface area contributed by atoms with E-state index in [0.29, 0.717) is 6.54 Å². The first kappa shape index (κ1) is 22.7. The minimum atomic E-state index is -0.945. The zero-order valence-electron chi connectivity index (χ0n) is 18.6. The van der Waals surface area contributed by atoms with E-state index >= 15 is 0 Å². The maximum atomic E-state index is 13.7. The van der Waals surface area contributed by atoms with Crippen molar-refractivity contribution < 1.29 is 19.4 Å². The van der Waals surface area contributed by atoms with Crippen molar-refractivity contribution in [1.82, 2.24) is 5.32 Å². The fraction of sp³-hybridized carbons (Fsp3) is 0.259. The molecular weight excluding hydrogens is 416 g/mol. The average molecular weight is 445 g/mol. The molecule has 0 radical (unpaired) electrons. The number of hydrogen-bond acceptors (Lipinski definition) is 4. The third kappa shape index (κ3) is 5.48. The van der Waals surface area contributed by atoms with Gasteiger partial charge in [-0.05, 0) is 30.5 Å². The van der Waals surface area contributed by atoms with Crippen molar-refractivity contribution in [3.63, 3.8) is 0 Å². The summed E-state index contributed by atoms with van der Waals surface area (Å²) in [5.41, 5.74) is 3.65. The lowest BCUT2D eigenvalue weighted by Gasteiger charge is -2.25. The molecule has 1 unspecified atom stereocenters. The summed E-state index contributed by atoms with van der Waals surface area (Å²) in [6.45, 7) is 1.88. The summed E-state index contributed by atoms with van der Waals surface area (Å²) < 4.78 is 6.43. The average Bonchev–Trinajstić information content (AvgIpc) is 2.94. The van der Waals surface area contributed by atoms with Crippen LogP contribution in [-0.4, -0.2) is 29.3 Å². The normalized spacial score (nSPS) is 18.8. The molecule has 4 rings (SSSR count). The molecule has 1 aliphatic heterocycles. The van der Waals surface area contributed by atoms with Crippen LogP contribution in [0.2, 0.25) is 0 Å². The molecule has 1 heterocycles. The molecule has 0 fully saturated rings. The van der Waals surface area contributed by atoms with E-state index in [1.807, 2.05) is 84.9 Å². The second kappa shape index (κ2) is 10.4. The highest BCUT2D eigenvalue weighted by molar-refractivity contribution is 5.98. The van der Waals surface area contributed by atoms with E-state index in [2.05, 4.69) is 5.32 Å². The first-order valence-electron chi connectivity index (χ1n) is 11.1. The summed E-state index contributed by atoms with van der Waals surface area (Å²) in [5.74, 6) is -0.511. The van der Waals surface area contributed by atoms with Gasteiger partial charge in [0.05, 0.1) is 12.2 Å². The zero-order valence-corrected chi connectivity index (χ0v) is 18.6. The van der Waals surface area contributed by atoms with Crippen molar-refractivity contribution in [1.29, 1.82) is 0 Å². The number of amides is 2. The fourth-order valence-corrected chi connectivity index (χ4v) is 4.12. The molecule has 2 N–H and O–H groups in total. The zero-order chi connectivity index (χ0) is 23.2. The van der Waals surface area contributed by atoms with Crippen LogP contribution in [0.3, 0.4) is 0 Å². The molecule has 6 heteroatoms. The van der Waals surface area contributed by atoms with Gasteiger partial charge in [-0.3, -0.25) is 9.59 Å². The maximum absolute atomic E-state index is 13.7. The SMILES string of the molecule is CC(O)NC(=O)CC[C@@H]1O[C@H](c2ccccc2)c2ccccc2N(Cc2ccccc2)C1=O. The van der Waals surface area contributed by atoms with Crippen molar-refractivity contribution in [2.24, 2.45) is 0 Å². The van der Waals surface area contributed by atoms with E-state index in [-0.39, 0.29) is 24.7 Å². The molecule has 1 aliphatic rings. The summed E-state index contributed by atoms with van der Waals surface area (Å²) in [4.78, 5) is 27.7. The van der Waals surface area contributed by atoms with Crippen LogP contribution in [-0.2, 0) is 20.9 Å². The number of nitrogens with zero attached hydrogens (tertiary/aromatic N) is 1. The van der Waals surface area contributed by atoms with Gasteiger partial charge in [-0.1, -0.05) is 78.9 Å². The van der Waals surface area contributed by atoms with Gasteiger partial charge < -0.3 is 20.1 Å². The van der Waals surface area contributed by atoms with Gasteiger partial charge in [-0.25, -0.2) is 0 Å². The van der Waals surface area contributed by atoms with E-state index in [0.717, 1.165) is 22.4 Å². The van der Waals surface area contributed by atoms with Gasteiger partial charge in [0.2, 0.25) is 5.91 Å². The number of para-hydroxylation sites is 1. The van der Waals surface area contributed by atoms with E-state index < -0.39 is 18.4 Å². The quantitative estimate of drug-likeness (QED) is 0.541. The van der Waals surface area contributed by atoms with Crippen LogP contribution >= 0.6 is 0 Å². The molecule has 0 bridgehead atoms. The molecule has 170 valence electrons. The first-order chi connectivity index (χ1) is 16.0. The van der Waals surface area contributed by atoms with Crippen molar-refractivity contribution in [2.75, 3.05) is 4.90 Å². The Labute approximate surface area is 193 Å². The molecule has 3 atom stereocenters. The Morgan fingerprint density at radius 1 is 1.00 bits per heavy atom. The molecule has 3 aromatic rings. The van der Waals surface area contributed by atoms with Crippen LogP contribution in [0.25, 0.3) is 0 Å². The third-order valence-electron chi connectivity index (χ3n) is 5.64.